The zero-order valence-electron chi connectivity index (χ0n) is 10.7. The number of nitrogens with zero attached hydrogens (tertiary/aromatic N) is 2. The molecule has 102 valence electrons. The number of nitrogen functional groups attached to an aromatic ring is 1. The highest BCUT2D eigenvalue weighted by molar-refractivity contribution is 7.94. The van der Waals surface area contributed by atoms with Gasteiger partial charge in [-0.25, -0.2) is 13.4 Å². The van der Waals surface area contributed by atoms with Crippen molar-refractivity contribution >= 4 is 32.7 Å². The van der Waals surface area contributed by atoms with Gasteiger partial charge in [-0.15, -0.1) is 11.3 Å². The van der Waals surface area contributed by atoms with E-state index in [1.807, 2.05) is 0 Å². The number of aromatic nitrogens is 1. The summed E-state index contributed by atoms with van der Waals surface area (Å²) < 4.78 is 26.7. The first kappa shape index (κ1) is 13.8. The molecule has 0 aliphatic heterocycles. The Balaban J connectivity index is 2.51. The van der Waals surface area contributed by atoms with Crippen molar-refractivity contribution < 1.29 is 8.42 Å². The number of aryl methyl sites for hydroxylation is 1. The van der Waals surface area contributed by atoms with E-state index in [0.29, 0.717) is 17.9 Å². The van der Waals surface area contributed by atoms with Crippen LogP contribution in [-0.2, 0) is 10.0 Å². The molecule has 0 fully saturated rings. The Bertz CT molecular complexity index is 680. The van der Waals surface area contributed by atoms with Crippen molar-refractivity contribution in [3.8, 4) is 0 Å². The van der Waals surface area contributed by atoms with Crippen molar-refractivity contribution in [1.82, 2.24) is 4.98 Å². The van der Waals surface area contributed by atoms with E-state index in [9.17, 15) is 8.42 Å². The molecule has 1 aromatic carbocycles. The maximum atomic E-state index is 12.6. The Labute approximate surface area is 116 Å². The van der Waals surface area contributed by atoms with Gasteiger partial charge in [0.15, 0.2) is 4.21 Å². The number of hydrogen-bond donors (Lipinski definition) is 1. The summed E-state index contributed by atoms with van der Waals surface area (Å²) >= 11 is 1.16. The average Bonchev–Trinajstić information content (AvgIpc) is 2.80. The van der Waals surface area contributed by atoms with Crippen molar-refractivity contribution in [3.63, 3.8) is 0 Å². The van der Waals surface area contributed by atoms with Crippen LogP contribution >= 0.6 is 11.3 Å². The first-order valence-corrected chi connectivity index (χ1v) is 8.02. The van der Waals surface area contributed by atoms with Gasteiger partial charge in [0.1, 0.15) is 0 Å². The molecule has 0 aliphatic carbocycles. The number of anilines is 2. The van der Waals surface area contributed by atoms with Gasteiger partial charge in [-0.05, 0) is 26.0 Å². The molecule has 0 unspecified atom stereocenters. The van der Waals surface area contributed by atoms with Crippen LogP contribution in [0.2, 0.25) is 0 Å². The number of para-hydroxylation sites is 2. The number of sulfonamides is 1. The lowest BCUT2D eigenvalue weighted by atomic mass is 10.3. The Kier molecular flexibility index (Phi) is 3.77. The molecule has 7 heteroatoms. The van der Waals surface area contributed by atoms with Gasteiger partial charge in [0.05, 0.1) is 22.6 Å². The molecule has 0 amide bonds. The van der Waals surface area contributed by atoms with Gasteiger partial charge in [-0.2, -0.15) is 0 Å². The van der Waals surface area contributed by atoms with E-state index in [1.54, 1.807) is 38.1 Å². The Morgan fingerprint density at radius 3 is 2.58 bits per heavy atom. The van der Waals surface area contributed by atoms with Crippen molar-refractivity contribution in [2.24, 2.45) is 0 Å². The highest BCUT2D eigenvalue weighted by Gasteiger charge is 2.26. The molecular weight excluding hydrogens is 282 g/mol. The van der Waals surface area contributed by atoms with Crippen LogP contribution in [0.5, 0.6) is 0 Å². The predicted octanol–water partition coefficient (Wildman–Crippen LogP) is 2.25. The molecule has 0 saturated heterocycles. The number of rotatable bonds is 4. The fourth-order valence-corrected chi connectivity index (χ4v) is 4.48. The molecule has 19 heavy (non-hydrogen) atoms. The summed E-state index contributed by atoms with van der Waals surface area (Å²) in [7, 11) is -3.60. The van der Waals surface area contributed by atoms with Crippen LogP contribution < -0.4 is 10.0 Å². The Morgan fingerprint density at radius 2 is 2.05 bits per heavy atom. The van der Waals surface area contributed by atoms with Crippen LogP contribution in [0.4, 0.5) is 11.4 Å². The summed E-state index contributed by atoms with van der Waals surface area (Å²) in [4.78, 5) is 4.00. The molecule has 5 nitrogen and oxygen atoms in total. The fourth-order valence-electron chi connectivity index (χ4n) is 1.75. The summed E-state index contributed by atoms with van der Waals surface area (Å²) in [5.41, 5.74) is 6.79. The molecule has 0 atom stereocenters. The summed E-state index contributed by atoms with van der Waals surface area (Å²) in [6, 6.07) is 6.92. The van der Waals surface area contributed by atoms with Crippen molar-refractivity contribution in [2.45, 2.75) is 18.1 Å². The lowest BCUT2D eigenvalue weighted by molar-refractivity contribution is 0.594. The largest absolute Gasteiger partial charge is 0.397 e. The Hall–Kier alpha value is -1.60. The summed E-state index contributed by atoms with van der Waals surface area (Å²) in [5, 5.41) is 0.718. The average molecular weight is 297 g/mol. The van der Waals surface area contributed by atoms with Crippen LogP contribution in [0.3, 0.4) is 0 Å². The second-order valence-electron chi connectivity index (χ2n) is 3.93. The van der Waals surface area contributed by atoms with Gasteiger partial charge in [0.2, 0.25) is 0 Å². The van der Waals surface area contributed by atoms with E-state index in [-0.39, 0.29) is 4.21 Å². The molecule has 0 saturated carbocycles. The topological polar surface area (TPSA) is 76.3 Å². The van der Waals surface area contributed by atoms with Gasteiger partial charge >= 0.3 is 0 Å². The van der Waals surface area contributed by atoms with Crippen LogP contribution in [0.15, 0.2) is 34.7 Å². The fraction of sp³-hybridized carbons (Fsp3) is 0.250. The van der Waals surface area contributed by atoms with Gasteiger partial charge in [0, 0.05) is 6.54 Å². The zero-order chi connectivity index (χ0) is 14.0. The first-order valence-electron chi connectivity index (χ1n) is 5.76. The molecule has 2 N–H and O–H groups in total. The molecule has 0 aliphatic rings. The molecule has 2 rings (SSSR count). The number of thiazole rings is 1. The third-order valence-corrected chi connectivity index (χ3v) is 5.88. The van der Waals surface area contributed by atoms with Gasteiger partial charge in [-0.1, -0.05) is 12.1 Å². The smallest absolute Gasteiger partial charge is 0.275 e. The van der Waals surface area contributed by atoms with Crippen LogP contribution in [0.25, 0.3) is 0 Å². The highest BCUT2D eigenvalue weighted by Crippen LogP contribution is 2.30. The highest BCUT2D eigenvalue weighted by atomic mass is 32.2. The quantitative estimate of drug-likeness (QED) is 0.878. The minimum Gasteiger partial charge on any atom is -0.397 e. The van der Waals surface area contributed by atoms with E-state index in [1.165, 1.54) is 10.5 Å². The van der Waals surface area contributed by atoms with Crippen molar-refractivity contribution in [1.29, 1.82) is 0 Å². The Morgan fingerprint density at radius 1 is 1.37 bits per heavy atom. The molecular formula is C12H15N3O2S2. The zero-order valence-corrected chi connectivity index (χ0v) is 12.3. The lowest BCUT2D eigenvalue weighted by Crippen LogP contribution is -2.30. The molecule has 1 heterocycles. The van der Waals surface area contributed by atoms with Gasteiger partial charge in [0.25, 0.3) is 10.0 Å². The van der Waals surface area contributed by atoms with E-state index >= 15 is 0 Å². The molecule has 1 aromatic heterocycles. The summed E-state index contributed by atoms with van der Waals surface area (Å²) in [6.07, 6.45) is 1.39. The van der Waals surface area contributed by atoms with Crippen LogP contribution in [0, 0.1) is 6.92 Å². The van der Waals surface area contributed by atoms with Crippen molar-refractivity contribution in [2.75, 3.05) is 16.6 Å². The molecule has 2 aromatic rings. The second kappa shape index (κ2) is 5.18. The van der Waals surface area contributed by atoms with Crippen molar-refractivity contribution in [3.05, 3.63) is 35.5 Å². The molecule has 0 spiro atoms. The van der Waals surface area contributed by atoms with E-state index in [2.05, 4.69) is 4.98 Å². The standard InChI is InChI=1S/C12H15N3O2S2/c1-3-15(11-7-5-4-6-10(11)13)19(16,17)12-8-14-9(2)18-12/h4-8H,3,13H2,1-2H3. The van der Waals surface area contributed by atoms with Gasteiger partial charge in [-0.3, -0.25) is 4.31 Å². The minimum absolute atomic E-state index is 0.232. The normalized spacial score (nSPS) is 11.5. The summed E-state index contributed by atoms with van der Waals surface area (Å²) in [6.45, 7) is 3.86. The number of nitrogens with two attached hydrogens (primary N) is 1. The second-order valence-corrected chi connectivity index (χ2v) is 7.25. The van der Waals surface area contributed by atoms with Crippen LogP contribution in [0.1, 0.15) is 11.9 Å². The molecule has 0 bridgehead atoms. The van der Waals surface area contributed by atoms with Crippen LogP contribution in [-0.4, -0.2) is 19.9 Å². The van der Waals surface area contributed by atoms with Gasteiger partial charge < -0.3 is 5.73 Å². The third kappa shape index (κ3) is 2.57. The third-order valence-electron chi connectivity index (χ3n) is 2.64. The monoisotopic (exact) mass is 297 g/mol. The van der Waals surface area contributed by atoms with E-state index < -0.39 is 10.0 Å². The SMILES string of the molecule is CCN(c1ccccc1N)S(=O)(=O)c1cnc(C)s1. The maximum absolute atomic E-state index is 12.6. The lowest BCUT2D eigenvalue weighted by Gasteiger charge is -2.23. The number of hydrogen-bond acceptors (Lipinski definition) is 5. The first-order chi connectivity index (χ1) is 8.96. The maximum Gasteiger partial charge on any atom is 0.275 e. The number of benzene rings is 1. The molecule has 0 radical (unpaired) electrons. The van der Waals surface area contributed by atoms with E-state index in [4.69, 9.17) is 5.73 Å². The summed E-state index contributed by atoms with van der Waals surface area (Å²) in [5.74, 6) is 0. The minimum atomic E-state index is -3.60. The predicted molar refractivity (Wildman–Crippen MR) is 77.9 cm³/mol. The van der Waals surface area contributed by atoms with E-state index in [0.717, 1.165) is 16.3 Å².